The molecule has 1 aromatic heterocycles. The highest BCUT2D eigenvalue weighted by Crippen LogP contribution is 2.36. The number of hydrogen-bond acceptors (Lipinski definition) is 3. The Morgan fingerprint density at radius 3 is 2.75 bits per heavy atom. The number of nitrogen functional groups attached to an aromatic ring is 1. The van der Waals surface area contributed by atoms with E-state index in [1.54, 1.807) is 6.20 Å². The maximum absolute atomic E-state index is 5.83. The van der Waals surface area contributed by atoms with E-state index in [-0.39, 0.29) is 0 Å². The van der Waals surface area contributed by atoms with Crippen LogP contribution in [0, 0.1) is 12.3 Å². The van der Waals surface area contributed by atoms with Crippen molar-refractivity contribution in [3.63, 3.8) is 0 Å². The van der Waals surface area contributed by atoms with E-state index in [9.17, 15) is 0 Å². The van der Waals surface area contributed by atoms with Crippen LogP contribution < -0.4 is 10.6 Å². The predicted molar refractivity (Wildman–Crippen MR) is 71.7 cm³/mol. The first-order valence-electron chi connectivity index (χ1n) is 5.56. The van der Waals surface area contributed by atoms with Gasteiger partial charge in [-0.15, -0.1) is 0 Å². The third-order valence-corrected chi connectivity index (χ3v) is 4.21. The van der Waals surface area contributed by atoms with E-state index in [0.29, 0.717) is 5.41 Å². The molecule has 0 spiro atoms. The maximum atomic E-state index is 5.83. The zero-order valence-electron chi connectivity index (χ0n) is 10.0. The molecule has 1 saturated heterocycles. The molecule has 4 heteroatoms. The quantitative estimate of drug-likeness (QED) is 0.862. The molecule has 88 valence electrons. The summed E-state index contributed by atoms with van der Waals surface area (Å²) in [7, 11) is 0. The van der Waals surface area contributed by atoms with Gasteiger partial charge in [0.25, 0.3) is 0 Å². The molecule has 0 radical (unpaired) electrons. The monoisotopic (exact) mass is 283 g/mol. The van der Waals surface area contributed by atoms with Crippen LogP contribution in [0.4, 0.5) is 11.5 Å². The summed E-state index contributed by atoms with van der Waals surface area (Å²) < 4.78 is 1.03. The smallest absolute Gasteiger partial charge is 0.143 e. The van der Waals surface area contributed by atoms with E-state index in [0.717, 1.165) is 34.6 Å². The summed E-state index contributed by atoms with van der Waals surface area (Å²) in [6.45, 7) is 8.74. The van der Waals surface area contributed by atoms with Crippen molar-refractivity contribution in [2.24, 2.45) is 5.41 Å². The van der Waals surface area contributed by atoms with Gasteiger partial charge in [0.15, 0.2) is 0 Å². The number of hydrogen-bond donors (Lipinski definition) is 1. The van der Waals surface area contributed by atoms with Crippen LogP contribution in [-0.2, 0) is 0 Å². The van der Waals surface area contributed by atoms with Crippen LogP contribution in [0.5, 0.6) is 0 Å². The van der Waals surface area contributed by atoms with Crippen molar-refractivity contribution in [3.8, 4) is 0 Å². The first-order valence-corrected chi connectivity index (χ1v) is 6.35. The minimum Gasteiger partial charge on any atom is -0.397 e. The van der Waals surface area contributed by atoms with Gasteiger partial charge >= 0.3 is 0 Å². The lowest BCUT2D eigenvalue weighted by Crippen LogP contribution is -2.24. The Labute approximate surface area is 105 Å². The van der Waals surface area contributed by atoms with Crippen LogP contribution in [0.1, 0.15) is 25.8 Å². The van der Waals surface area contributed by atoms with Gasteiger partial charge in [-0.25, -0.2) is 4.98 Å². The Bertz CT molecular complexity index is 415. The molecule has 1 aromatic rings. The molecule has 2 heterocycles. The molecule has 16 heavy (non-hydrogen) atoms. The molecule has 0 unspecified atom stereocenters. The van der Waals surface area contributed by atoms with Crippen molar-refractivity contribution in [2.45, 2.75) is 27.2 Å². The molecule has 2 rings (SSSR count). The lowest BCUT2D eigenvalue weighted by Gasteiger charge is -2.22. The summed E-state index contributed by atoms with van der Waals surface area (Å²) >= 11 is 3.59. The fraction of sp³-hybridized carbons (Fsp3) is 0.583. The molecule has 0 aliphatic carbocycles. The average Bonchev–Trinajstić information content (AvgIpc) is 2.55. The summed E-state index contributed by atoms with van der Waals surface area (Å²) in [5.41, 5.74) is 8.04. The van der Waals surface area contributed by atoms with Gasteiger partial charge in [-0.2, -0.15) is 0 Å². The molecule has 0 aromatic carbocycles. The lowest BCUT2D eigenvalue weighted by atomic mass is 9.93. The molecule has 3 nitrogen and oxygen atoms in total. The Morgan fingerprint density at radius 1 is 1.50 bits per heavy atom. The van der Waals surface area contributed by atoms with Gasteiger partial charge in [-0.1, -0.05) is 13.8 Å². The highest BCUT2D eigenvalue weighted by Gasteiger charge is 2.31. The second kappa shape index (κ2) is 3.91. The summed E-state index contributed by atoms with van der Waals surface area (Å²) in [4.78, 5) is 6.77. The molecule has 2 N–H and O–H groups in total. The van der Waals surface area contributed by atoms with E-state index >= 15 is 0 Å². The van der Waals surface area contributed by atoms with Crippen LogP contribution in [0.3, 0.4) is 0 Å². The van der Waals surface area contributed by atoms with Gasteiger partial charge in [0.1, 0.15) is 5.82 Å². The van der Waals surface area contributed by atoms with E-state index in [4.69, 9.17) is 5.73 Å². The highest BCUT2D eigenvalue weighted by molar-refractivity contribution is 9.10. The van der Waals surface area contributed by atoms with E-state index in [1.165, 1.54) is 6.42 Å². The van der Waals surface area contributed by atoms with Gasteiger partial charge in [0.2, 0.25) is 0 Å². The molecule has 1 aliphatic heterocycles. The first-order chi connectivity index (χ1) is 7.41. The van der Waals surface area contributed by atoms with Gasteiger partial charge in [-0.3, -0.25) is 0 Å². The van der Waals surface area contributed by atoms with Gasteiger partial charge in [0.05, 0.1) is 16.4 Å². The summed E-state index contributed by atoms with van der Waals surface area (Å²) in [6, 6.07) is 0. The Morgan fingerprint density at radius 2 is 2.19 bits per heavy atom. The summed E-state index contributed by atoms with van der Waals surface area (Å²) in [5.74, 6) is 1.03. The zero-order valence-corrected chi connectivity index (χ0v) is 11.6. The Balaban J connectivity index is 2.32. The highest BCUT2D eigenvalue weighted by atomic mass is 79.9. The largest absolute Gasteiger partial charge is 0.397 e. The fourth-order valence-corrected chi connectivity index (χ4v) is 2.67. The van der Waals surface area contributed by atoms with Crippen LogP contribution in [0.25, 0.3) is 0 Å². The van der Waals surface area contributed by atoms with Crippen molar-refractivity contribution in [1.29, 1.82) is 0 Å². The summed E-state index contributed by atoms with van der Waals surface area (Å²) in [6.07, 6.45) is 2.96. The second-order valence-electron chi connectivity index (χ2n) is 5.31. The molecular weight excluding hydrogens is 266 g/mol. The molecule has 0 bridgehead atoms. The third-order valence-electron chi connectivity index (χ3n) is 3.26. The van der Waals surface area contributed by atoms with Gasteiger partial charge < -0.3 is 10.6 Å². The van der Waals surface area contributed by atoms with Crippen LogP contribution in [-0.4, -0.2) is 18.1 Å². The lowest BCUT2D eigenvalue weighted by molar-refractivity contribution is 0.418. The molecular formula is C12H18BrN3. The molecule has 0 amide bonds. The van der Waals surface area contributed by atoms with Crippen LogP contribution in [0.2, 0.25) is 0 Å². The number of anilines is 2. The maximum Gasteiger partial charge on any atom is 0.143 e. The third kappa shape index (κ3) is 2.03. The minimum absolute atomic E-state index is 0.385. The Hall–Kier alpha value is -0.770. The summed E-state index contributed by atoms with van der Waals surface area (Å²) in [5, 5.41) is 0. The van der Waals surface area contributed by atoms with Gasteiger partial charge in [0, 0.05) is 13.1 Å². The van der Waals surface area contributed by atoms with E-state index < -0.39 is 0 Å². The van der Waals surface area contributed by atoms with Crippen LogP contribution in [0.15, 0.2) is 10.7 Å². The van der Waals surface area contributed by atoms with Crippen molar-refractivity contribution in [2.75, 3.05) is 23.7 Å². The molecule has 0 atom stereocenters. The van der Waals surface area contributed by atoms with E-state index in [1.807, 2.05) is 6.92 Å². The number of nitrogens with zero attached hydrogens (tertiary/aromatic N) is 2. The first kappa shape index (κ1) is 11.7. The van der Waals surface area contributed by atoms with Crippen LogP contribution >= 0.6 is 15.9 Å². The molecule has 1 fully saturated rings. The topological polar surface area (TPSA) is 42.1 Å². The van der Waals surface area contributed by atoms with Crippen molar-refractivity contribution in [3.05, 3.63) is 16.2 Å². The average molecular weight is 284 g/mol. The minimum atomic E-state index is 0.385. The number of halogens is 1. The predicted octanol–water partition coefficient (Wildman–Crippen LogP) is 2.97. The number of rotatable bonds is 1. The zero-order chi connectivity index (χ0) is 11.9. The second-order valence-corrected chi connectivity index (χ2v) is 6.10. The normalized spacial score (nSPS) is 19.1. The molecule has 0 saturated carbocycles. The number of nitrogens with two attached hydrogens (primary N) is 1. The van der Waals surface area contributed by atoms with Crippen molar-refractivity contribution < 1.29 is 0 Å². The molecule has 1 aliphatic rings. The Kier molecular flexibility index (Phi) is 2.86. The van der Waals surface area contributed by atoms with Crippen molar-refractivity contribution >= 4 is 27.4 Å². The SMILES string of the molecule is Cc1c(N)cnc(N2CCC(C)(C)C2)c1Br. The fourth-order valence-electron chi connectivity index (χ4n) is 2.09. The number of pyridine rings is 1. The standard InChI is InChI=1S/C12H18BrN3/c1-8-9(14)6-15-11(10(8)13)16-5-4-12(2,3)7-16/h6H,4-5,7,14H2,1-3H3. The van der Waals surface area contributed by atoms with Gasteiger partial charge in [-0.05, 0) is 40.3 Å². The van der Waals surface area contributed by atoms with E-state index in [2.05, 4.69) is 39.7 Å². The number of aromatic nitrogens is 1. The van der Waals surface area contributed by atoms with Crippen molar-refractivity contribution in [1.82, 2.24) is 4.98 Å².